The topological polar surface area (TPSA) is 42.1 Å². The van der Waals surface area contributed by atoms with Crippen LogP contribution in [0.15, 0.2) is 47.4 Å². The van der Waals surface area contributed by atoms with E-state index in [1.807, 2.05) is 37.3 Å². The zero-order chi connectivity index (χ0) is 11.4. The van der Waals surface area contributed by atoms with Gasteiger partial charge in [0, 0.05) is 11.8 Å². The molecule has 82 valence electrons. The smallest absolute Gasteiger partial charge is 0.255 e. The van der Waals surface area contributed by atoms with Crippen LogP contribution in [-0.2, 0) is 0 Å². The predicted octanol–water partition coefficient (Wildman–Crippen LogP) is 2.44. The van der Waals surface area contributed by atoms with E-state index in [9.17, 15) is 4.79 Å². The number of hydrogen-bond donors (Lipinski definition) is 1. The molecule has 1 aromatic carbocycles. The van der Waals surface area contributed by atoms with E-state index in [-0.39, 0.29) is 5.56 Å². The van der Waals surface area contributed by atoms with E-state index < -0.39 is 0 Å². The molecule has 1 heterocycles. The van der Waals surface area contributed by atoms with E-state index in [0.717, 1.165) is 11.3 Å². The maximum atomic E-state index is 11.6. The van der Waals surface area contributed by atoms with Crippen molar-refractivity contribution in [2.45, 2.75) is 6.92 Å². The summed E-state index contributed by atoms with van der Waals surface area (Å²) in [7, 11) is 0. The lowest BCUT2D eigenvalue weighted by molar-refractivity contribution is 0.340. The summed E-state index contributed by atoms with van der Waals surface area (Å²) in [6.45, 7) is 2.55. The Balaban J connectivity index is 2.45. The van der Waals surface area contributed by atoms with Gasteiger partial charge in [-0.2, -0.15) is 0 Å². The van der Waals surface area contributed by atoms with Crippen LogP contribution >= 0.6 is 0 Å². The van der Waals surface area contributed by atoms with Crippen molar-refractivity contribution in [3.8, 4) is 16.9 Å². The Morgan fingerprint density at radius 1 is 1.25 bits per heavy atom. The summed E-state index contributed by atoms with van der Waals surface area (Å²) in [5, 5.41) is 0. The lowest BCUT2D eigenvalue weighted by Gasteiger charge is -2.05. The number of benzene rings is 1. The third-order valence-corrected chi connectivity index (χ3v) is 2.27. The molecule has 0 atom stereocenters. The summed E-state index contributed by atoms with van der Waals surface area (Å²) < 4.78 is 5.40. The van der Waals surface area contributed by atoms with Gasteiger partial charge < -0.3 is 9.72 Å². The van der Waals surface area contributed by atoms with Crippen molar-refractivity contribution < 1.29 is 4.74 Å². The van der Waals surface area contributed by atoms with Crippen LogP contribution < -0.4 is 10.3 Å². The van der Waals surface area contributed by atoms with Crippen LogP contribution in [0.1, 0.15) is 6.92 Å². The Labute approximate surface area is 93.7 Å². The first-order valence-electron chi connectivity index (χ1n) is 5.22. The molecular weight excluding hydrogens is 202 g/mol. The molecule has 0 unspecified atom stereocenters. The highest BCUT2D eigenvalue weighted by molar-refractivity contribution is 5.63. The molecule has 2 rings (SSSR count). The van der Waals surface area contributed by atoms with Crippen LogP contribution in [0, 0.1) is 0 Å². The molecule has 0 bridgehead atoms. The van der Waals surface area contributed by atoms with E-state index in [0.29, 0.717) is 12.2 Å². The maximum absolute atomic E-state index is 11.6. The monoisotopic (exact) mass is 215 g/mol. The maximum Gasteiger partial charge on any atom is 0.255 e. The molecule has 16 heavy (non-hydrogen) atoms. The first kappa shape index (κ1) is 10.5. The SMILES string of the molecule is CCOc1cccc(-c2ccc[nH]c2=O)c1. The second-order valence-corrected chi connectivity index (χ2v) is 3.37. The van der Waals surface area contributed by atoms with Gasteiger partial charge in [-0.3, -0.25) is 4.79 Å². The first-order valence-corrected chi connectivity index (χ1v) is 5.22. The van der Waals surface area contributed by atoms with Crippen LogP contribution in [0.4, 0.5) is 0 Å². The van der Waals surface area contributed by atoms with Crippen molar-refractivity contribution in [2.75, 3.05) is 6.61 Å². The highest BCUT2D eigenvalue weighted by Gasteiger charge is 2.02. The van der Waals surface area contributed by atoms with Gasteiger partial charge in [-0.1, -0.05) is 12.1 Å². The number of ether oxygens (including phenoxy) is 1. The number of pyridine rings is 1. The fourth-order valence-corrected chi connectivity index (χ4v) is 1.57. The van der Waals surface area contributed by atoms with Crippen LogP contribution in [0.25, 0.3) is 11.1 Å². The van der Waals surface area contributed by atoms with Crippen molar-refractivity contribution >= 4 is 0 Å². The van der Waals surface area contributed by atoms with E-state index >= 15 is 0 Å². The van der Waals surface area contributed by atoms with Gasteiger partial charge in [0.1, 0.15) is 5.75 Å². The molecule has 2 aromatic rings. The minimum absolute atomic E-state index is 0.0869. The summed E-state index contributed by atoms with van der Waals surface area (Å²) in [5.74, 6) is 0.781. The van der Waals surface area contributed by atoms with Gasteiger partial charge in [-0.15, -0.1) is 0 Å². The second-order valence-electron chi connectivity index (χ2n) is 3.37. The molecule has 0 fully saturated rings. The summed E-state index contributed by atoms with van der Waals surface area (Å²) in [5.41, 5.74) is 1.44. The number of aromatic amines is 1. The molecule has 0 aliphatic heterocycles. The van der Waals surface area contributed by atoms with Crippen LogP contribution in [0.2, 0.25) is 0 Å². The van der Waals surface area contributed by atoms with Gasteiger partial charge in [0.05, 0.1) is 6.61 Å². The van der Waals surface area contributed by atoms with Crippen LogP contribution in [-0.4, -0.2) is 11.6 Å². The van der Waals surface area contributed by atoms with Gasteiger partial charge >= 0.3 is 0 Å². The van der Waals surface area contributed by atoms with Crippen LogP contribution in [0.5, 0.6) is 5.75 Å². The van der Waals surface area contributed by atoms with Crippen molar-refractivity contribution in [3.63, 3.8) is 0 Å². The third kappa shape index (κ3) is 2.14. The lowest BCUT2D eigenvalue weighted by atomic mass is 10.1. The normalized spacial score (nSPS) is 10.1. The molecule has 1 aromatic heterocycles. The molecule has 0 radical (unpaired) electrons. The molecular formula is C13H13NO2. The molecule has 1 N–H and O–H groups in total. The molecule has 0 saturated heterocycles. The zero-order valence-corrected chi connectivity index (χ0v) is 9.07. The van der Waals surface area contributed by atoms with Gasteiger partial charge in [-0.05, 0) is 36.8 Å². The quantitative estimate of drug-likeness (QED) is 0.854. The average molecular weight is 215 g/mol. The Morgan fingerprint density at radius 3 is 2.88 bits per heavy atom. The first-order chi connectivity index (χ1) is 7.81. The number of aromatic nitrogens is 1. The summed E-state index contributed by atoms with van der Waals surface area (Å²) in [6, 6.07) is 11.1. The fraction of sp³-hybridized carbons (Fsp3) is 0.154. The third-order valence-electron chi connectivity index (χ3n) is 2.27. The summed E-state index contributed by atoms with van der Waals surface area (Å²) in [6.07, 6.45) is 1.62. The van der Waals surface area contributed by atoms with Gasteiger partial charge in [0.25, 0.3) is 5.56 Å². The number of rotatable bonds is 3. The largest absolute Gasteiger partial charge is 0.494 e. The Hall–Kier alpha value is -2.03. The lowest BCUT2D eigenvalue weighted by Crippen LogP contribution is -2.06. The Morgan fingerprint density at radius 2 is 2.12 bits per heavy atom. The number of hydrogen-bond acceptors (Lipinski definition) is 2. The Bertz CT molecular complexity index is 531. The molecule has 0 spiro atoms. The van der Waals surface area contributed by atoms with Gasteiger partial charge in [-0.25, -0.2) is 0 Å². The van der Waals surface area contributed by atoms with Gasteiger partial charge in [0.2, 0.25) is 0 Å². The second kappa shape index (κ2) is 4.66. The van der Waals surface area contributed by atoms with Crippen molar-refractivity contribution in [1.82, 2.24) is 4.98 Å². The van der Waals surface area contributed by atoms with E-state index in [4.69, 9.17) is 4.74 Å². The van der Waals surface area contributed by atoms with E-state index in [1.165, 1.54) is 0 Å². The molecule has 0 aliphatic carbocycles. The standard InChI is InChI=1S/C13H13NO2/c1-2-16-11-6-3-5-10(9-11)12-7-4-8-14-13(12)15/h3-9H,2H2,1H3,(H,14,15). The molecule has 3 nitrogen and oxygen atoms in total. The Kier molecular flexibility index (Phi) is 3.05. The van der Waals surface area contributed by atoms with Crippen LogP contribution in [0.3, 0.4) is 0 Å². The van der Waals surface area contributed by atoms with E-state index in [1.54, 1.807) is 12.3 Å². The number of nitrogens with one attached hydrogen (secondary N) is 1. The minimum Gasteiger partial charge on any atom is -0.494 e. The average Bonchev–Trinajstić information content (AvgIpc) is 2.30. The molecule has 0 amide bonds. The molecule has 0 aliphatic rings. The highest BCUT2D eigenvalue weighted by atomic mass is 16.5. The molecule has 0 saturated carbocycles. The van der Waals surface area contributed by atoms with Crippen molar-refractivity contribution in [3.05, 3.63) is 52.9 Å². The fourth-order valence-electron chi connectivity index (χ4n) is 1.57. The van der Waals surface area contributed by atoms with E-state index in [2.05, 4.69) is 4.98 Å². The minimum atomic E-state index is -0.0869. The predicted molar refractivity (Wildman–Crippen MR) is 63.7 cm³/mol. The molecule has 3 heteroatoms. The zero-order valence-electron chi connectivity index (χ0n) is 9.07. The summed E-state index contributed by atoms with van der Waals surface area (Å²) >= 11 is 0. The van der Waals surface area contributed by atoms with Gasteiger partial charge in [0.15, 0.2) is 0 Å². The number of H-pyrrole nitrogens is 1. The van der Waals surface area contributed by atoms with Crippen molar-refractivity contribution in [1.29, 1.82) is 0 Å². The summed E-state index contributed by atoms with van der Waals surface area (Å²) in [4.78, 5) is 14.2. The van der Waals surface area contributed by atoms with Crippen molar-refractivity contribution in [2.24, 2.45) is 0 Å². The highest BCUT2D eigenvalue weighted by Crippen LogP contribution is 2.20.